The third kappa shape index (κ3) is 5.68. The van der Waals surface area contributed by atoms with E-state index in [1.807, 2.05) is 55.5 Å². The number of nitrogens with zero attached hydrogens (tertiary/aromatic N) is 4. The summed E-state index contributed by atoms with van der Waals surface area (Å²) in [5, 5.41) is 26.0. The zero-order valence-corrected chi connectivity index (χ0v) is 31.1. The van der Waals surface area contributed by atoms with Gasteiger partial charge in [0.15, 0.2) is 13.9 Å². The van der Waals surface area contributed by atoms with Gasteiger partial charge in [0, 0.05) is 35.7 Å². The summed E-state index contributed by atoms with van der Waals surface area (Å²) >= 11 is 0. The molecule has 5 aromatic rings. The Hall–Kier alpha value is -5.41. The first-order valence-corrected chi connectivity index (χ1v) is 21.1. The van der Waals surface area contributed by atoms with E-state index in [0.717, 1.165) is 16.7 Å². The number of aliphatic hydroxyl groups excluding tert-OH is 1. The van der Waals surface area contributed by atoms with E-state index in [4.69, 9.17) is 4.74 Å². The molecule has 3 aliphatic heterocycles. The molecule has 4 aromatic carbocycles. The molecule has 278 valence electrons. The number of nitro benzene ring substituents is 1. The lowest BCUT2D eigenvalue weighted by Gasteiger charge is -2.37. The predicted molar refractivity (Wildman–Crippen MR) is 204 cm³/mol. The first-order chi connectivity index (χ1) is 25.8. The first kappa shape index (κ1) is 35.6. The molecule has 2 amide bonds. The molecule has 13 nitrogen and oxygen atoms in total. The standard InChI is InChI=1S/C40H41N5O8Si/c1-24-37(54(2,3)52)35(20-36(47)42-22-27-9-5-4-8-26(27)18-30(42)23-46)53-40(24)32-19-29(45(50)51)16-17-34(32)43(39(40)49)21-25-12-14-28(15-13-25)44-38(48)31-10-6-7-11-33(31)41-44/h4-17,19,24,30,35,37,41,46,52H,18,20-23H2,1-3H3/t24-,30+,35+,37-,40+/m1/s1. The molecule has 0 unspecified atom stereocenters. The van der Waals surface area contributed by atoms with Crippen molar-refractivity contribution in [3.8, 4) is 5.69 Å². The van der Waals surface area contributed by atoms with Gasteiger partial charge in [-0.2, -0.15) is 0 Å². The van der Waals surface area contributed by atoms with Gasteiger partial charge in [-0.3, -0.25) is 29.6 Å². The molecule has 1 fully saturated rings. The number of para-hydroxylation sites is 1. The smallest absolute Gasteiger partial charge is 0.279 e. The lowest BCUT2D eigenvalue weighted by molar-refractivity contribution is -0.385. The van der Waals surface area contributed by atoms with Gasteiger partial charge in [0.2, 0.25) is 5.91 Å². The number of rotatable bonds is 8. The van der Waals surface area contributed by atoms with Crippen LogP contribution >= 0.6 is 0 Å². The van der Waals surface area contributed by atoms with Crippen LogP contribution in [0, 0.1) is 16.0 Å². The van der Waals surface area contributed by atoms with Gasteiger partial charge in [-0.1, -0.05) is 55.5 Å². The highest BCUT2D eigenvalue weighted by molar-refractivity contribution is 6.71. The maximum Gasteiger partial charge on any atom is 0.279 e. The van der Waals surface area contributed by atoms with Gasteiger partial charge >= 0.3 is 0 Å². The summed E-state index contributed by atoms with van der Waals surface area (Å²) in [4.78, 5) is 68.6. The van der Waals surface area contributed by atoms with Crippen LogP contribution in [0.1, 0.15) is 35.6 Å². The SMILES string of the molecule is C[C@@H]1[C@@H]([Si](C)(C)O)[C@H](CC(=O)N2Cc3ccccc3C[C@H]2CO)O[C@@]12C(=O)N(Cc1ccc(-n3[nH]c4ccccc4c3=O)cc1)c1ccc([N+](=O)[O-])cc12. The number of aliphatic hydroxyl groups is 1. The van der Waals surface area contributed by atoms with Crippen molar-refractivity contribution in [2.24, 2.45) is 5.92 Å². The monoisotopic (exact) mass is 747 g/mol. The number of fused-ring (bicyclic) bond motifs is 4. The van der Waals surface area contributed by atoms with Crippen LogP contribution in [0.4, 0.5) is 11.4 Å². The normalized spacial score (nSPS) is 23.6. The zero-order chi connectivity index (χ0) is 38.1. The maximum absolute atomic E-state index is 14.9. The van der Waals surface area contributed by atoms with Crippen molar-refractivity contribution < 1.29 is 29.2 Å². The second-order valence-corrected chi connectivity index (χ2v) is 19.2. The van der Waals surface area contributed by atoms with Crippen LogP contribution in [0.15, 0.2) is 95.8 Å². The van der Waals surface area contributed by atoms with E-state index in [0.29, 0.717) is 40.8 Å². The van der Waals surface area contributed by atoms with Crippen LogP contribution in [-0.4, -0.2) is 68.4 Å². The summed E-state index contributed by atoms with van der Waals surface area (Å²) in [5.74, 6) is -1.34. The highest BCUT2D eigenvalue weighted by Gasteiger charge is 2.66. The Labute approximate surface area is 311 Å². The van der Waals surface area contributed by atoms with E-state index in [2.05, 4.69) is 5.10 Å². The van der Waals surface area contributed by atoms with Gasteiger partial charge in [0.1, 0.15) is 0 Å². The third-order valence-corrected chi connectivity index (χ3v) is 14.1. The molecule has 4 heterocycles. The van der Waals surface area contributed by atoms with E-state index in [1.54, 1.807) is 53.2 Å². The van der Waals surface area contributed by atoms with Crippen molar-refractivity contribution in [3.05, 3.63) is 134 Å². The molecule has 1 spiro atoms. The number of aromatic amines is 1. The van der Waals surface area contributed by atoms with Crippen molar-refractivity contribution in [1.29, 1.82) is 0 Å². The number of hydrogen-bond donors (Lipinski definition) is 3. The highest BCUT2D eigenvalue weighted by atomic mass is 28.4. The molecule has 0 aliphatic carbocycles. The lowest BCUT2D eigenvalue weighted by atomic mass is 9.82. The average Bonchev–Trinajstić information content (AvgIpc) is 3.74. The molecule has 0 radical (unpaired) electrons. The van der Waals surface area contributed by atoms with Crippen LogP contribution in [0.3, 0.4) is 0 Å². The first-order valence-electron chi connectivity index (χ1n) is 18.1. The molecule has 3 aliphatic rings. The molecule has 1 aromatic heterocycles. The van der Waals surface area contributed by atoms with Crippen LogP contribution in [0.5, 0.6) is 0 Å². The Balaban J connectivity index is 1.13. The Kier molecular flexibility index (Phi) is 8.68. The predicted octanol–water partition coefficient (Wildman–Crippen LogP) is 4.91. The largest absolute Gasteiger partial charge is 0.432 e. The van der Waals surface area contributed by atoms with E-state index in [1.165, 1.54) is 16.8 Å². The number of aromatic nitrogens is 2. The van der Waals surface area contributed by atoms with Crippen LogP contribution in [0.2, 0.25) is 18.6 Å². The van der Waals surface area contributed by atoms with Crippen molar-refractivity contribution in [2.75, 3.05) is 11.5 Å². The van der Waals surface area contributed by atoms with Crippen LogP contribution in [-0.2, 0) is 39.4 Å². The number of ether oxygens (including phenoxy) is 1. The molecule has 14 heteroatoms. The Morgan fingerprint density at radius 2 is 1.72 bits per heavy atom. The molecular weight excluding hydrogens is 707 g/mol. The number of anilines is 1. The molecule has 54 heavy (non-hydrogen) atoms. The van der Waals surface area contributed by atoms with Crippen molar-refractivity contribution >= 4 is 42.4 Å². The summed E-state index contributed by atoms with van der Waals surface area (Å²) in [6, 6.07) is 26.1. The van der Waals surface area contributed by atoms with Crippen molar-refractivity contribution in [2.45, 2.75) is 69.2 Å². The van der Waals surface area contributed by atoms with Gasteiger partial charge in [-0.15, -0.1) is 0 Å². The highest BCUT2D eigenvalue weighted by Crippen LogP contribution is 2.60. The van der Waals surface area contributed by atoms with E-state index in [-0.39, 0.29) is 36.7 Å². The summed E-state index contributed by atoms with van der Waals surface area (Å²) < 4.78 is 8.29. The summed E-state index contributed by atoms with van der Waals surface area (Å²) in [5.41, 5.74) is 2.21. The van der Waals surface area contributed by atoms with Gasteiger partial charge in [0.25, 0.3) is 17.2 Å². The molecule has 3 N–H and O–H groups in total. The molecule has 0 bridgehead atoms. The van der Waals surface area contributed by atoms with Crippen LogP contribution < -0.4 is 10.5 Å². The minimum atomic E-state index is -3.16. The third-order valence-electron chi connectivity index (χ3n) is 11.6. The average molecular weight is 748 g/mol. The molecule has 1 saturated heterocycles. The number of benzene rings is 4. The molecule has 5 atom stereocenters. The number of carbonyl (C=O) groups is 2. The fourth-order valence-corrected chi connectivity index (χ4v) is 11.6. The minimum Gasteiger partial charge on any atom is -0.432 e. The minimum absolute atomic E-state index is 0.100. The number of amides is 2. The number of H-pyrrole nitrogens is 1. The second-order valence-electron chi connectivity index (χ2n) is 15.2. The topological polar surface area (TPSA) is 171 Å². The van der Waals surface area contributed by atoms with Gasteiger partial charge in [0.05, 0.1) is 58.9 Å². The number of hydrogen-bond acceptors (Lipinski definition) is 8. The Morgan fingerprint density at radius 3 is 2.41 bits per heavy atom. The Morgan fingerprint density at radius 1 is 1.02 bits per heavy atom. The second kappa shape index (κ2) is 13.2. The number of nitro groups is 1. The summed E-state index contributed by atoms with van der Waals surface area (Å²) in [7, 11) is -3.16. The quantitative estimate of drug-likeness (QED) is 0.114. The van der Waals surface area contributed by atoms with E-state index >= 15 is 0 Å². The number of carbonyl (C=O) groups excluding carboxylic acids is 2. The van der Waals surface area contributed by atoms with Crippen molar-refractivity contribution in [3.63, 3.8) is 0 Å². The molecule has 8 rings (SSSR count). The van der Waals surface area contributed by atoms with Gasteiger partial charge in [-0.05, 0) is 66.5 Å². The van der Waals surface area contributed by atoms with Gasteiger partial charge < -0.3 is 24.4 Å². The van der Waals surface area contributed by atoms with E-state index < -0.39 is 48.4 Å². The molecular formula is C40H41N5O8Si. The zero-order valence-electron chi connectivity index (χ0n) is 30.1. The Bertz CT molecular complexity index is 2370. The van der Waals surface area contributed by atoms with E-state index in [9.17, 15) is 34.4 Å². The fraction of sp³-hybridized carbons (Fsp3) is 0.325. The van der Waals surface area contributed by atoms with Crippen molar-refractivity contribution in [1.82, 2.24) is 14.7 Å². The van der Waals surface area contributed by atoms with Crippen LogP contribution in [0.25, 0.3) is 16.6 Å². The lowest BCUT2D eigenvalue weighted by Crippen LogP contribution is -2.48. The fourth-order valence-electron chi connectivity index (χ4n) is 9.04. The van der Waals surface area contributed by atoms with Gasteiger partial charge in [-0.25, -0.2) is 4.68 Å². The summed E-state index contributed by atoms with van der Waals surface area (Å²) in [6.45, 7) is 5.53. The summed E-state index contributed by atoms with van der Waals surface area (Å²) in [6.07, 6.45) is -0.517. The number of nitrogens with one attached hydrogen (secondary N) is 1. The maximum atomic E-state index is 14.9. The molecule has 0 saturated carbocycles. The number of non-ortho nitro benzene ring substituents is 1.